The Morgan fingerprint density at radius 2 is 2.00 bits per heavy atom. The first-order valence-corrected chi connectivity index (χ1v) is 5.90. The van der Waals surface area contributed by atoms with Gasteiger partial charge in [-0.15, -0.1) is 0 Å². The minimum Gasteiger partial charge on any atom is -0.361 e. The van der Waals surface area contributed by atoms with E-state index in [9.17, 15) is 18.0 Å². The number of alkyl halides is 3. The van der Waals surface area contributed by atoms with Gasteiger partial charge in [0.25, 0.3) is 0 Å². The summed E-state index contributed by atoms with van der Waals surface area (Å²) in [6.45, 7) is 0. The molecule has 1 aromatic carbocycles. The third kappa shape index (κ3) is 2.07. The lowest BCUT2D eigenvalue weighted by Gasteiger charge is -2.24. The van der Waals surface area contributed by atoms with Crippen LogP contribution in [0, 0.1) is 0 Å². The van der Waals surface area contributed by atoms with Crippen LogP contribution in [0.5, 0.6) is 0 Å². The second kappa shape index (κ2) is 4.01. The van der Waals surface area contributed by atoms with Crippen molar-refractivity contribution in [2.24, 2.45) is 0 Å². The third-order valence-electron chi connectivity index (χ3n) is 3.40. The molecular weight excluding hydrogens is 257 g/mol. The molecule has 1 atom stereocenters. The Kier molecular flexibility index (Phi) is 2.55. The number of carbonyl (C=O) groups is 1. The first-order chi connectivity index (χ1) is 8.95. The molecule has 1 unspecified atom stereocenters. The van der Waals surface area contributed by atoms with E-state index in [2.05, 4.69) is 10.3 Å². The van der Waals surface area contributed by atoms with Gasteiger partial charge in [-0.25, -0.2) is 0 Å². The highest BCUT2D eigenvalue weighted by Gasteiger charge is 2.40. The van der Waals surface area contributed by atoms with Crippen LogP contribution >= 0.6 is 0 Å². The lowest BCUT2D eigenvalue weighted by atomic mass is 9.89. The second-order valence-electron chi connectivity index (χ2n) is 4.73. The summed E-state index contributed by atoms with van der Waals surface area (Å²) in [6, 6.07) is 5.15. The largest absolute Gasteiger partial charge is 0.471 e. The number of hydrogen-bond donors (Lipinski definition) is 2. The molecule has 1 aliphatic rings. The predicted octanol–water partition coefficient (Wildman–Crippen LogP) is 2.31. The number of hydrogen-bond acceptors (Lipinski definition) is 1. The molecule has 0 saturated heterocycles. The van der Waals surface area contributed by atoms with Crippen molar-refractivity contribution in [1.29, 1.82) is 0 Å². The van der Waals surface area contributed by atoms with E-state index < -0.39 is 18.1 Å². The summed E-state index contributed by atoms with van der Waals surface area (Å²) >= 11 is 0. The molecule has 2 N–H and O–H groups in total. The fraction of sp³-hybridized carbons (Fsp3) is 0.308. The van der Waals surface area contributed by atoms with Gasteiger partial charge >= 0.3 is 12.1 Å². The Bertz CT molecular complexity index is 645. The molecule has 0 bridgehead atoms. The minimum atomic E-state index is -4.83. The molecule has 1 aromatic heterocycles. The van der Waals surface area contributed by atoms with Crippen molar-refractivity contribution >= 4 is 16.8 Å². The topological polar surface area (TPSA) is 44.9 Å². The van der Waals surface area contributed by atoms with Crippen LogP contribution in [-0.2, 0) is 17.6 Å². The second-order valence-corrected chi connectivity index (χ2v) is 4.73. The van der Waals surface area contributed by atoms with Crippen LogP contribution in [0.3, 0.4) is 0 Å². The van der Waals surface area contributed by atoms with E-state index in [0.717, 1.165) is 22.0 Å². The fourth-order valence-corrected chi connectivity index (χ4v) is 2.64. The molecule has 3 rings (SSSR count). The molecule has 6 heteroatoms. The number of rotatable bonds is 1. The van der Waals surface area contributed by atoms with Crippen LogP contribution in [0.25, 0.3) is 10.9 Å². The third-order valence-corrected chi connectivity index (χ3v) is 3.40. The van der Waals surface area contributed by atoms with Gasteiger partial charge in [-0.3, -0.25) is 4.79 Å². The van der Waals surface area contributed by atoms with E-state index in [0.29, 0.717) is 12.8 Å². The zero-order valence-electron chi connectivity index (χ0n) is 9.84. The first-order valence-electron chi connectivity index (χ1n) is 5.90. The SMILES string of the molecule is O=C(NC1Cc2cccc3[nH]cc(c23)C1)C(F)(F)F. The molecule has 0 saturated carbocycles. The van der Waals surface area contributed by atoms with E-state index in [1.807, 2.05) is 18.2 Å². The molecule has 1 amide bonds. The van der Waals surface area contributed by atoms with Gasteiger partial charge in [0.15, 0.2) is 0 Å². The molecule has 0 spiro atoms. The quantitative estimate of drug-likeness (QED) is 0.819. The van der Waals surface area contributed by atoms with Crippen LogP contribution in [0.4, 0.5) is 13.2 Å². The number of aromatic amines is 1. The molecule has 0 radical (unpaired) electrons. The van der Waals surface area contributed by atoms with E-state index in [1.54, 1.807) is 6.20 Å². The Morgan fingerprint density at radius 3 is 2.74 bits per heavy atom. The molecule has 1 aliphatic carbocycles. The standard InChI is InChI=1S/C13H11F3N2O/c14-13(15,16)12(19)18-9-4-7-2-1-3-10-11(7)8(5-9)6-17-10/h1-3,6,9,17H,4-5H2,(H,18,19). The van der Waals surface area contributed by atoms with Gasteiger partial charge < -0.3 is 10.3 Å². The van der Waals surface area contributed by atoms with Crippen LogP contribution in [-0.4, -0.2) is 23.1 Å². The number of amides is 1. The summed E-state index contributed by atoms with van der Waals surface area (Å²) < 4.78 is 36.8. The maximum absolute atomic E-state index is 12.3. The first kappa shape index (κ1) is 12.1. The number of nitrogens with one attached hydrogen (secondary N) is 2. The molecular formula is C13H11F3N2O. The van der Waals surface area contributed by atoms with Crippen molar-refractivity contribution in [2.75, 3.05) is 0 Å². The van der Waals surface area contributed by atoms with Gasteiger partial charge in [-0.05, 0) is 30.0 Å². The number of halogens is 3. The van der Waals surface area contributed by atoms with Crippen LogP contribution in [0.15, 0.2) is 24.4 Å². The summed E-state index contributed by atoms with van der Waals surface area (Å²) in [5.74, 6) is -1.87. The lowest BCUT2D eigenvalue weighted by Crippen LogP contribution is -2.45. The van der Waals surface area contributed by atoms with Gasteiger partial charge in [-0.1, -0.05) is 12.1 Å². The Morgan fingerprint density at radius 1 is 1.26 bits per heavy atom. The average Bonchev–Trinajstić information content (AvgIpc) is 2.73. The van der Waals surface area contributed by atoms with Crippen molar-refractivity contribution in [2.45, 2.75) is 25.1 Å². The van der Waals surface area contributed by atoms with Crippen molar-refractivity contribution in [1.82, 2.24) is 10.3 Å². The smallest absolute Gasteiger partial charge is 0.361 e. The molecule has 100 valence electrons. The summed E-state index contributed by atoms with van der Waals surface area (Å²) in [6.07, 6.45) is -2.20. The van der Waals surface area contributed by atoms with Gasteiger partial charge in [0.05, 0.1) is 0 Å². The number of aromatic nitrogens is 1. The van der Waals surface area contributed by atoms with Crippen LogP contribution in [0.1, 0.15) is 11.1 Å². The molecule has 19 heavy (non-hydrogen) atoms. The number of carbonyl (C=O) groups excluding carboxylic acids is 1. The molecule has 0 fully saturated rings. The fourth-order valence-electron chi connectivity index (χ4n) is 2.64. The van der Waals surface area contributed by atoms with E-state index in [-0.39, 0.29) is 0 Å². The Labute approximate surface area is 106 Å². The van der Waals surface area contributed by atoms with Gasteiger partial charge in [0.1, 0.15) is 0 Å². The maximum Gasteiger partial charge on any atom is 0.471 e. The zero-order valence-corrected chi connectivity index (χ0v) is 9.84. The van der Waals surface area contributed by atoms with E-state index >= 15 is 0 Å². The molecule has 2 aromatic rings. The number of H-pyrrole nitrogens is 1. The van der Waals surface area contributed by atoms with Crippen LogP contribution in [0.2, 0.25) is 0 Å². The zero-order chi connectivity index (χ0) is 13.6. The van der Waals surface area contributed by atoms with E-state index in [4.69, 9.17) is 0 Å². The van der Waals surface area contributed by atoms with Crippen molar-refractivity contribution in [3.05, 3.63) is 35.5 Å². The van der Waals surface area contributed by atoms with Gasteiger partial charge in [0, 0.05) is 23.1 Å². The molecule has 3 nitrogen and oxygen atoms in total. The highest BCUT2D eigenvalue weighted by molar-refractivity contribution is 5.88. The normalized spacial score (nSPS) is 18.6. The van der Waals surface area contributed by atoms with Crippen molar-refractivity contribution in [3.8, 4) is 0 Å². The van der Waals surface area contributed by atoms with Crippen molar-refractivity contribution < 1.29 is 18.0 Å². The van der Waals surface area contributed by atoms with Crippen LogP contribution < -0.4 is 5.32 Å². The average molecular weight is 268 g/mol. The number of benzene rings is 1. The van der Waals surface area contributed by atoms with Gasteiger partial charge in [0.2, 0.25) is 0 Å². The predicted molar refractivity (Wildman–Crippen MR) is 63.7 cm³/mol. The van der Waals surface area contributed by atoms with E-state index in [1.165, 1.54) is 0 Å². The van der Waals surface area contributed by atoms with Gasteiger partial charge in [-0.2, -0.15) is 13.2 Å². The summed E-state index contributed by atoms with van der Waals surface area (Å²) in [5, 5.41) is 3.12. The maximum atomic E-state index is 12.3. The summed E-state index contributed by atoms with van der Waals surface area (Å²) in [4.78, 5) is 14.1. The Balaban J connectivity index is 1.86. The van der Waals surface area contributed by atoms with Crippen molar-refractivity contribution in [3.63, 3.8) is 0 Å². The summed E-state index contributed by atoms with van der Waals surface area (Å²) in [7, 11) is 0. The molecule has 1 heterocycles. The Hall–Kier alpha value is -1.98. The highest BCUT2D eigenvalue weighted by Crippen LogP contribution is 2.29. The lowest BCUT2D eigenvalue weighted by molar-refractivity contribution is -0.174. The monoisotopic (exact) mass is 268 g/mol. The summed E-state index contributed by atoms with van der Waals surface area (Å²) in [5.41, 5.74) is 2.89. The molecule has 0 aliphatic heterocycles. The highest BCUT2D eigenvalue weighted by atomic mass is 19.4. The minimum absolute atomic E-state index is 0.416.